The Morgan fingerprint density at radius 2 is 2.25 bits per heavy atom. The second-order valence-electron chi connectivity index (χ2n) is 2.36. The summed E-state index contributed by atoms with van der Waals surface area (Å²) in [6.07, 6.45) is 2.13. The average molecular weight is 168 g/mol. The van der Waals surface area contributed by atoms with Crippen LogP contribution < -0.4 is 5.49 Å². The zero-order valence-electron chi connectivity index (χ0n) is 6.72. The van der Waals surface area contributed by atoms with Crippen molar-refractivity contribution < 1.29 is 10.3 Å². The topological polar surface area (TPSA) is 57.8 Å². The Labute approximate surface area is 70.4 Å². The molecule has 0 saturated heterocycles. The van der Waals surface area contributed by atoms with Crippen LogP contribution in [0.5, 0.6) is 0 Å². The first-order valence-electron chi connectivity index (χ1n) is 3.83. The van der Waals surface area contributed by atoms with E-state index in [-0.39, 0.29) is 6.61 Å². The molecule has 0 saturated carbocycles. The number of aromatic nitrogens is 1. The van der Waals surface area contributed by atoms with Gasteiger partial charge < -0.3 is 10.3 Å². The fourth-order valence-electron chi connectivity index (χ4n) is 0.815. The van der Waals surface area contributed by atoms with E-state index in [9.17, 15) is 5.21 Å². The Hall–Kier alpha value is -1.29. The van der Waals surface area contributed by atoms with Gasteiger partial charge in [-0.2, -0.15) is 4.73 Å². The molecular weight excluding hydrogens is 156 g/mol. The number of nitrogens with zero attached hydrogens (tertiary/aromatic N) is 2. The summed E-state index contributed by atoms with van der Waals surface area (Å²) in [5.41, 5.74) is 0.506. The lowest BCUT2D eigenvalue weighted by molar-refractivity contribution is 0.171. The van der Waals surface area contributed by atoms with Crippen molar-refractivity contribution in [3.05, 3.63) is 29.9 Å². The van der Waals surface area contributed by atoms with Gasteiger partial charge in [0.15, 0.2) is 5.49 Å². The molecular formula is C8H12N2O2. The average Bonchev–Trinajstić information content (AvgIpc) is 2.09. The SMILES string of the molecule is OCCCN=c1ccccn1O. The molecule has 0 atom stereocenters. The summed E-state index contributed by atoms with van der Waals surface area (Å²) in [4.78, 5) is 4.05. The van der Waals surface area contributed by atoms with Crippen molar-refractivity contribution in [1.29, 1.82) is 0 Å². The van der Waals surface area contributed by atoms with E-state index in [0.717, 1.165) is 4.73 Å². The molecule has 0 amide bonds. The summed E-state index contributed by atoms with van der Waals surface area (Å²) in [5, 5.41) is 17.7. The van der Waals surface area contributed by atoms with Gasteiger partial charge in [-0.05, 0) is 18.6 Å². The summed E-state index contributed by atoms with van der Waals surface area (Å²) in [6.45, 7) is 0.656. The molecule has 2 N–H and O–H groups in total. The van der Waals surface area contributed by atoms with E-state index in [0.29, 0.717) is 18.5 Å². The highest BCUT2D eigenvalue weighted by Crippen LogP contribution is 1.79. The first kappa shape index (κ1) is 8.80. The van der Waals surface area contributed by atoms with Crippen LogP contribution in [0.3, 0.4) is 0 Å². The molecule has 66 valence electrons. The Morgan fingerprint density at radius 3 is 2.92 bits per heavy atom. The van der Waals surface area contributed by atoms with E-state index in [2.05, 4.69) is 4.99 Å². The second-order valence-corrected chi connectivity index (χ2v) is 2.36. The van der Waals surface area contributed by atoms with Gasteiger partial charge in [-0.3, -0.25) is 4.99 Å². The maximum absolute atomic E-state index is 9.17. The predicted octanol–water partition coefficient (Wildman–Crippen LogP) is 0.00850. The maximum Gasteiger partial charge on any atom is 0.163 e. The van der Waals surface area contributed by atoms with Gasteiger partial charge >= 0.3 is 0 Å². The highest BCUT2D eigenvalue weighted by molar-refractivity contribution is 4.90. The Bertz CT molecular complexity index is 293. The van der Waals surface area contributed by atoms with Gasteiger partial charge in [-0.25, -0.2) is 0 Å². The Kier molecular flexibility index (Phi) is 3.35. The Balaban J connectivity index is 2.73. The van der Waals surface area contributed by atoms with Gasteiger partial charge in [0.2, 0.25) is 0 Å². The van der Waals surface area contributed by atoms with Crippen LogP contribution in [0.15, 0.2) is 29.4 Å². The molecule has 4 nitrogen and oxygen atoms in total. The van der Waals surface area contributed by atoms with Crippen LogP contribution in [0.4, 0.5) is 0 Å². The quantitative estimate of drug-likeness (QED) is 0.493. The van der Waals surface area contributed by atoms with Crippen molar-refractivity contribution in [3.8, 4) is 0 Å². The van der Waals surface area contributed by atoms with E-state index in [1.54, 1.807) is 18.2 Å². The van der Waals surface area contributed by atoms with Crippen LogP contribution in [0.1, 0.15) is 6.42 Å². The van der Waals surface area contributed by atoms with Gasteiger partial charge in [0.1, 0.15) is 0 Å². The summed E-state index contributed by atoms with van der Waals surface area (Å²) >= 11 is 0. The minimum atomic E-state index is 0.127. The molecule has 4 heteroatoms. The molecule has 0 spiro atoms. The summed E-state index contributed by atoms with van der Waals surface area (Å²) in [7, 11) is 0. The first-order valence-corrected chi connectivity index (χ1v) is 3.83. The van der Waals surface area contributed by atoms with Crippen molar-refractivity contribution in [2.24, 2.45) is 4.99 Å². The highest BCUT2D eigenvalue weighted by Gasteiger charge is 1.85. The van der Waals surface area contributed by atoms with E-state index in [1.807, 2.05) is 0 Å². The lowest BCUT2D eigenvalue weighted by Gasteiger charge is -1.96. The first-order chi connectivity index (χ1) is 5.84. The molecule has 0 radical (unpaired) electrons. The third-order valence-corrected chi connectivity index (χ3v) is 1.41. The molecule has 0 bridgehead atoms. The van der Waals surface area contributed by atoms with Crippen LogP contribution in [-0.2, 0) is 0 Å². The highest BCUT2D eigenvalue weighted by atomic mass is 16.5. The minimum absolute atomic E-state index is 0.127. The van der Waals surface area contributed by atoms with Crippen molar-refractivity contribution in [2.75, 3.05) is 13.2 Å². The molecule has 0 aliphatic rings. The third kappa shape index (κ3) is 2.39. The second kappa shape index (κ2) is 4.56. The maximum atomic E-state index is 9.17. The number of hydrogen-bond donors (Lipinski definition) is 2. The van der Waals surface area contributed by atoms with Gasteiger partial charge in [0, 0.05) is 19.3 Å². The van der Waals surface area contributed by atoms with Crippen molar-refractivity contribution in [2.45, 2.75) is 6.42 Å². The minimum Gasteiger partial charge on any atom is -0.427 e. The standard InChI is InChI=1S/C8H12N2O2/c11-7-3-5-9-8-4-1-2-6-10(8)12/h1-2,4,6,11-12H,3,5,7H2. The summed E-state index contributed by atoms with van der Waals surface area (Å²) < 4.78 is 0.956. The molecule has 0 aliphatic heterocycles. The largest absolute Gasteiger partial charge is 0.427 e. The normalized spacial score (nSPS) is 11.9. The van der Waals surface area contributed by atoms with Crippen LogP contribution in [-0.4, -0.2) is 28.2 Å². The van der Waals surface area contributed by atoms with Gasteiger partial charge in [-0.1, -0.05) is 6.07 Å². The third-order valence-electron chi connectivity index (χ3n) is 1.41. The summed E-state index contributed by atoms with van der Waals surface area (Å²) in [5.74, 6) is 0. The van der Waals surface area contributed by atoms with Crippen LogP contribution in [0.25, 0.3) is 0 Å². The van der Waals surface area contributed by atoms with E-state index < -0.39 is 0 Å². The van der Waals surface area contributed by atoms with E-state index in [1.165, 1.54) is 6.20 Å². The van der Waals surface area contributed by atoms with Gasteiger partial charge in [-0.15, -0.1) is 0 Å². The summed E-state index contributed by atoms with van der Waals surface area (Å²) in [6, 6.07) is 5.22. The zero-order valence-corrected chi connectivity index (χ0v) is 6.72. The predicted molar refractivity (Wildman–Crippen MR) is 43.7 cm³/mol. The fourth-order valence-corrected chi connectivity index (χ4v) is 0.815. The smallest absolute Gasteiger partial charge is 0.163 e. The van der Waals surface area contributed by atoms with Gasteiger partial charge in [0.25, 0.3) is 0 Å². The fraction of sp³-hybridized carbons (Fsp3) is 0.375. The number of rotatable bonds is 3. The molecule has 0 fully saturated rings. The molecule has 0 unspecified atom stereocenters. The molecule has 1 rings (SSSR count). The molecule has 1 heterocycles. The van der Waals surface area contributed by atoms with Crippen LogP contribution >= 0.6 is 0 Å². The number of pyridine rings is 1. The van der Waals surface area contributed by atoms with Crippen molar-refractivity contribution in [3.63, 3.8) is 0 Å². The van der Waals surface area contributed by atoms with Crippen molar-refractivity contribution >= 4 is 0 Å². The van der Waals surface area contributed by atoms with E-state index >= 15 is 0 Å². The molecule has 0 aliphatic carbocycles. The monoisotopic (exact) mass is 168 g/mol. The molecule has 12 heavy (non-hydrogen) atoms. The van der Waals surface area contributed by atoms with Gasteiger partial charge in [0.05, 0.1) is 0 Å². The molecule has 1 aromatic heterocycles. The molecule has 0 aromatic carbocycles. The number of aliphatic hydroxyl groups excluding tert-OH is 1. The lowest BCUT2D eigenvalue weighted by Crippen LogP contribution is -2.17. The zero-order chi connectivity index (χ0) is 8.81. The number of aliphatic hydroxyl groups is 1. The van der Waals surface area contributed by atoms with Crippen LogP contribution in [0.2, 0.25) is 0 Å². The number of hydrogen-bond acceptors (Lipinski definition) is 3. The van der Waals surface area contributed by atoms with Crippen LogP contribution in [0, 0.1) is 0 Å². The Morgan fingerprint density at radius 1 is 1.42 bits per heavy atom. The van der Waals surface area contributed by atoms with E-state index in [4.69, 9.17) is 5.11 Å². The lowest BCUT2D eigenvalue weighted by atomic mass is 10.4. The molecule has 1 aromatic rings. The van der Waals surface area contributed by atoms with Crippen molar-refractivity contribution in [1.82, 2.24) is 4.73 Å².